The van der Waals surface area contributed by atoms with Gasteiger partial charge in [-0.3, -0.25) is 9.67 Å². The van der Waals surface area contributed by atoms with Gasteiger partial charge in [-0.15, -0.1) is 42.0 Å². The quantitative estimate of drug-likeness (QED) is 0.154. The molecule has 0 saturated carbocycles. The number of benzene rings is 5. The number of hydrogen-bond donors (Lipinski definition) is 0. The Hall–Kier alpha value is -4.99. The van der Waals surface area contributed by atoms with Crippen LogP contribution in [0.2, 0.25) is 0 Å². The van der Waals surface area contributed by atoms with Crippen LogP contribution in [0.25, 0.3) is 50.7 Å². The third kappa shape index (κ3) is 5.73. The van der Waals surface area contributed by atoms with Gasteiger partial charge in [0, 0.05) is 47.6 Å². The Morgan fingerprint density at radius 3 is 1.88 bits per heavy atom. The van der Waals surface area contributed by atoms with E-state index in [9.17, 15) is 0 Å². The number of ether oxygens (including phenoxy) is 1. The average molecular weight is 738 g/mol. The molecule has 210 valence electrons. The summed E-state index contributed by atoms with van der Waals surface area (Å²) in [6, 6.07) is 49.6. The molecule has 0 saturated heterocycles. The molecule has 6 heteroatoms. The molecule has 5 aromatic carbocycles. The zero-order valence-corrected chi connectivity index (χ0v) is 25.6. The van der Waals surface area contributed by atoms with E-state index in [4.69, 9.17) is 9.84 Å². The van der Waals surface area contributed by atoms with E-state index in [0.29, 0.717) is 11.5 Å². The Balaban J connectivity index is 0.00000329. The fraction of sp³-hybridized carbons (Fsp3) is 0.0270. The molecule has 0 aliphatic rings. The van der Waals surface area contributed by atoms with Crippen LogP contribution in [0.3, 0.4) is 0 Å². The molecule has 0 spiro atoms. The van der Waals surface area contributed by atoms with Crippen molar-refractivity contribution < 1.29 is 25.8 Å². The van der Waals surface area contributed by atoms with E-state index in [1.807, 2.05) is 89.2 Å². The van der Waals surface area contributed by atoms with Crippen LogP contribution in [-0.2, 0) is 28.1 Å². The van der Waals surface area contributed by atoms with Gasteiger partial charge in [-0.25, -0.2) is 0 Å². The fourth-order valence-corrected chi connectivity index (χ4v) is 5.13. The van der Waals surface area contributed by atoms with Crippen molar-refractivity contribution in [1.29, 1.82) is 0 Å². The maximum Gasteiger partial charge on any atom is 2.00 e. The van der Waals surface area contributed by atoms with E-state index in [1.54, 1.807) is 6.20 Å². The van der Waals surface area contributed by atoms with Crippen molar-refractivity contribution in [2.75, 3.05) is 0 Å². The van der Waals surface area contributed by atoms with Crippen molar-refractivity contribution in [3.05, 3.63) is 152 Å². The van der Waals surface area contributed by atoms with Crippen LogP contribution in [0, 0.1) is 12.1 Å². The Labute approximate surface area is 265 Å². The summed E-state index contributed by atoms with van der Waals surface area (Å²) in [5, 5.41) is 5.22. The van der Waals surface area contributed by atoms with Crippen molar-refractivity contribution in [2.24, 2.45) is 7.05 Å². The molecular formula is C37H26N4OPt. The number of rotatable bonds is 7. The number of nitrogens with zero attached hydrogens (tertiary/aromatic N) is 4. The molecule has 43 heavy (non-hydrogen) atoms. The van der Waals surface area contributed by atoms with Gasteiger partial charge in [0.05, 0.1) is 11.5 Å². The Morgan fingerprint density at radius 1 is 0.628 bits per heavy atom. The van der Waals surface area contributed by atoms with Gasteiger partial charge in [-0.1, -0.05) is 97.1 Å². The molecule has 7 aromatic rings. The van der Waals surface area contributed by atoms with Gasteiger partial charge < -0.3 is 9.30 Å². The topological polar surface area (TPSA) is 44.9 Å². The van der Waals surface area contributed by atoms with Gasteiger partial charge in [0.25, 0.3) is 0 Å². The summed E-state index contributed by atoms with van der Waals surface area (Å²) >= 11 is 0. The zero-order chi connectivity index (χ0) is 28.3. The Morgan fingerprint density at radius 2 is 1.23 bits per heavy atom. The first-order chi connectivity index (χ1) is 20.7. The van der Waals surface area contributed by atoms with Gasteiger partial charge in [0.2, 0.25) is 0 Å². The number of hydrogen-bond acceptors (Lipinski definition) is 3. The Kier molecular flexibility index (Phi) is 8.17. The smallest absolute Gasteiger partial charge is 0.503 e. The van der Waals surface area contributed by atoms with Crippen molar-refractivity contribution in [1.82, 2.24) is 19.3 Å². The molecule has 0 radical (unpaired) electrons. The molecule has 7 rings (SSSR count). The number of aromatic nitrogens is 4. The summed E-state index contributed by atoms with van der Waals surface area (Å²) in [4.78, 5) is 4.44. The van der Waals surface area contributed by atoms with Crippen LogP contribution >= 0.6 is 0 Å². The summed E-state index contributed by atoms with van der Waals surface area (Å²) in [6.07, 6.45) is 3.69. The van der Waals surface area contributed by atoms with Gasteiger partial charge in [0.1, 0.15) is 5.69 Å². The summed E-state index contributed by atoms with van der Waals surface area (Å²) < 4.78 is 10.2. The molecule has 0 bridgehead atoms. The van der Waals surface area contributed by atoms with Crippen LogP contribution in [-0.4, -0.2) is 19.3 Å². The minimum Gasteiger partial charge on any atom is -0.503 e. The minimum absolute atomic E-state index is 0. The molecule has 0 amide bonds. The normalized spacial score (nSPS) is 10.7. The Bertz CT molecular complexity index is 1970. The van der Waals surface area contributed by atoms with Gasteiger partial charge >= 0.3 is 21.1 Å². The largest absolute Gasteiger partial charge is 2.00 e. The third-order valence-corrected chi connectivity index (χ3v) is 7.07. The molecule has 5 nitrogen and oxygen atoms in total. The first kappa shape index (κ1) is 28.1. The summed E-state index contributed by atoms with van der Waals surface area (Å²) in [5.41, 5.74) is 7.76. The SMILES string of the molecule is Cn1ccnc1-c1[c-]c(Oc2[c-]c(-n3nc(-c4ccccc4)c(-c4ccccc4)c3-c3ccccc3)ccc2)ccc1.[Pt+2]. The maximum absolute atomic E-state index is 6.28. The molecular weight excluding hydrogens is 712 g/mol. The van der Waals surface area contributed by atoms with E-state index in [-0.39, 0.29) is 21.1 Å². The molecule has 0 unspecified atom stereocenters. The number of aryl methyl sites for hydroxylation is 1. The summed E-state index contributed by atoms with van der Waals surface area (Å²) in [5.74, 6) is 1.98. The first-order valence-electron chi connectivity index (χ1n) is 13.7. The van der Waals surface area contributed by atoms with Crippen LogP contribution < -0.4 is 4.74 Å². The van der Waals surface area contributed by atoms with Crippen LogP contribution in [0.1, 0.15) is 0 Å². The average Bonchev–Trinajstić information content (AvgIpc) is 3.67. The van der Waals surface area contributed by atoms with Crippen LogP contribution in [0.15, 0.2) is 140 Å². The standard InChI is InChI=1S/C37H26N4O.Pt/c1-40-24-23-38-37(40)30-19-11-21-32(25-30)42-33-22-12-20-31(26-33)41-36(29-17-9-4-10-18-29)34(27-13-5-2-6-14-27)35(39-41)28-15-7-3-8-16-28;/h2-24H,1H3;/q-2;+2. The summed E-state index contributed by atoms with van der Waals surface area (Å²) in [7, 11) is 1.96. The second-order valence-corrected chi connectivity index (χ2v) is 9.87. The first-order valence-corrected chi connectivity index (χ1v) is 13.7. The predicted molar refractivity (Wildman–Crippen MR) is 166 cm³/mol. The van der Waals surface area contributed by atoms with E-state index in [0.717, 1.165) is 50.7 Å². The molecule has 0 fully saturated rings. The molecule has 2 aromatic heterocycles. The van der Waals surface area contributed by atoms with Crippen molar-refractivity contribution in [3.8, 4) is 62.2 Å². The van der Waals surface area contributed by atoms with Crippen molar-refractivity contribution in [3.63, 3.8) is 0 Å². The van der Waals surface area contributed by atoms with Crippen LogP contribution in [0.4, 0.5) is 0 Å². The fourth-order valence-electron chi connectivity index (χ4n) is 5.13. The second kappa shape index (κ2) is 12.5. The molecule has 0 aliphatic heterocycles. The zero-order valence-electron chi connectivity index (χ0n) is 23.3. The minimum atomic E-state index is 0. The second-order valence-electron chi connectivity index (χ2n) is 9.87. The van der Waals surface area contributed by atoms with Gasteiger partial charge in [0.15, 0.2) is 0 Å². The third-order valence-electron chi connectivity index (χ3n) is 7.07. The molecule has 2 heterocycles. The van der Waals surface area contributed by atoms with E-state index in [1.165, 1.54) is 0 Å². The van der Waals surface area contributed by atoms with E-state index < -0.39 is 0 Å². The summed E-state index contributed by atoms with van der Waals surface area (Å²) in [6.45, 7) is 0. The monoisotopic (exact) mass is 737 g/mol. The predicted octanol–water partition coefficient (Wildman–Crippen LogP) is 8.66. The van der Waals surface area contributed by atoms with Gasteiger partial charge in [-0.05, 0) is 11.3 Å². The van der Waals surface area contributed by atoms with Crippen LogP contribution in [0.5, 0.6) is 11.5 Å². The van der Waals surface area contributed by atoms with Crippen molar-refractivity contribution >= 4 is 0 Å². The maximum atomic E-state index is 6.28. The molecule has 0 aliphatic carbocycles. The van der Waals surface area contributed by atoms with Gasteiger partial charge in [-0.2, -0.15) is 11.2 Å². The number of imidazole rings is 1. The molecule has 0 atom stereocenters. The molecule has 0 N–H and O–H groups in total. The van der Waals surface area contributed by atoms with E-state index in [2.05, 4.69) is 77.8 Å². The van der Waals surface area contributed by atoms with E-state index >= 15 is 0 Å². The van der Waals surface area contributed by atoms with Crippen molar-refractivity contribution in [2.45, 2.75) is 0 Å².